The normalized spacial score (nSPS) is 36.4. The molecule has 1 aliphatic heterocycles. The van der Waals surface area contributed by atoms with Crippen molar-refractivity contribution in [2.75, 3.05) is 5.88 Å². The number of phosphoric ester groups is 1. The average Bonchev–Trinajstić information content (AvgIpc) is 2.95. The van der Waals surface area contributed by atoms with E-state index < -0.39 is 70.3 Å². The first-order valence-electron chi connectivity index (χ1n) is 7.72. The molecule has 0 radical (unpaired) electrons. The van der Waals surface area contributed by atoms with Gasteiger partial charge in [-0.2, -0.15) is 8.62 Å². The fraction of sp³-hybridized carbons (Fsp3) is 0.600. The molecular weight excluding hydrogens is 519 g/mol. The largest absolute Gasteiger partial charge is 0.490 e. The maximum Gasteiger partial charge on any atom is 0.490 e. The molecule has 1 aliphatic carbocycles. The van der Waals surface area contributed by atoms with Gasteiger partial charge in [0, 0.05) is 12.3 Å². The van der Waals surface area contributed by atoms with Crippen LogP contribution < -0.4 is 11.2 Å². The fourth-order valence-corrected chi connectivity index (χ4v) is 6.81. The molecule has 0 spiro atoms. The highest BCUT2D eigenvalue weighted by Crippen LogP contribution is 2.72. The zero-order valence-corrected chi connectivity index (χ0v) is 18.0. The highest BCUT2D eigenvalue weighted by atomic mass is 35.5. The molecule has 176 valence electrons. The lowest BCUT2D eigenvalue weighted by Gasteiger charge is -2.24. The number of hydrogen-bond donors (Lipinski definition) is 6. The average molecular weight is 533 g/mol. The van der Waals surface area contributed by atoms with Gasteiger partial charge >= 0.3 is 29.2 Å². The summed E-state index contributed by atoms with van der Waals surface area (Å²) < 4.78 is 66.3. The van der Waals surface area contributed by atoms with Crippen molar-refractivity contribution in [3.8, 4) is 0 Å². The van der Waals surface area contributed by atoms with Crippen LogP contribution in [-0.4, -0.2) is 63.6 Å². The monoisotopic (exact) mass is 532 g/mol. The SMILES string of the molecule is O=c1ccn([C@@H]2O[C@]3(CCl)C(OP(=O)(O)OP(=O)(O)OP(=O)(O)O)[C@]3(O)[C@H]2F)c(=O)[nH]1. The van der Waals surface area contributed by atoms with Crippen LogP contribution in [0.5, 0.6) is 0 Å². The third-order valence-corrected chi connectivity index (χ3v) is 8.60. The number of aliphatic hydroxyl groups is 1. The van der Waals surface area contributed by atoms with Crippen LogP contribution in [0.2, 0.25) is 0 Å². The van der Waals surface area contributed by atoms with Gasteiger partial charge < -0.3 is 29.4 Å². The Bertz CT molecular complexity index is 1150. The van der Waals surface area contributed by atoms with Gasteiger partial charge in [-0.15, -0.1) is 11.6 Å². The molecule has 31 heavy (non-hydrogen) atoms. The molecule has 2 fully saturated rings. The number of H-pyrrole nitrogens is 1. The van der Waals surface area contributed by atoms with E-state index in [0.29, 0.717) is 4.57 Å². The minimum atomic E-state index is -5.86. The van der Waals surface area contributed by atoms with Gasteiger partial charge in [0.25, 0.3) is 5.56 Å². The molecule has 16 nitrogen and oxygen atoms in total. The summed E-state index contributed by atoms with van der Waals surface area (Å²) in [5.41, 5.74) is -6.94. The van der Waals surface area contributed by atoms with Crippen molar-refractivity contribution < 1.29 is 60.6 Å². The number of fused-ring (bicyclic) bond motifs is 1. The van der Waals surface area contributed by atoms with Crippen molar-refractivity contribution >= 4 is 35.1 Å². The first kappa shape index (κ1) is 24.9. The summed E-state index contributed by atoms with van der Waals surface area (Å²) in [6.45, 7) is 0. The van der Waals surface area contributed by atoms with Gasteiger partial charge in [0.05, 0.1) is 5.88 Å². The Hall–Kier alpha value is -0.770. The summed E-state index contributed by atoms with van der Waals surface area (Å²) in [5, 5.41) is 10.6. The van der Waals surface area contributed by atoms with Gasteiger partial charge in [-0.1, -0.05) is 0 Å². The van der Waals surface area contributed by atoms with E-state index in [2.05, 4.69) is 13.1 Å². The Morgan fingerprint density at radius 2 is 1.81 bits per heavy atom. The van der Waals surface area contributed by atoms with Gasteiger partial charge in [-0.3, -0.25) is 18.9 Å². The molecule has 0 bridgehead atoms. The number of hydrogen-bond acceptors (Lipinski definition) is 10. The lowest BCUT2D eigenvalue weighted by atomic mass is 10.1. The van der Waals surface area contributed by atoms with Crippen molar-refractivity contribution in [1.29, 1.82) is 0 Å². The van der Waals surface area contributed by atoms with Crippen LogP contribution >= 0.6 is 35.1 Å². The molecule has 0 amide bonds. The molecule has 1 saturated heterocycles. The van der Waals surface area contributed by atoms with Crippen LogP contribution in [0.1, 0.15) is 6.23 Å². The number of ether oxygens (including phenoxy) is 1. The van der Waals surface area contributed by atoms with Crippen molar-refractivity contribution in [2.24, 2.45) is 0 Å². The Kier molecular flexibility index (Phi) is 6.13. The Morgan fingerprint density at radius 3 is 2.29 bits per heavy atom. The Balaban J connectivity index is 1.82. The maximum atomic E-state index is 15.0. The molecule has 1 saturated carbocycles. The van der Waals surface area contributed by atoms with E-state index in [9.17, 15) is 37.7 Å². The molecule has 1 aromatic heterocycles. The summed E-state index contributed by atoms with van der Waals surface area (Å²) >= 11 is 5.69. The second-order valence-electron chi connectivity index (χ2n) is 6.35. The summed E-state index contributed by atoms with van der Waals surface area (Å²) in [7, 11) is -17.2. The van der Waals surface area contributed by atoms with Crippen LogP contribution in [0.4, 0.5) is 4.39 Å². The van der Waals surface area contributed by atoms with E-state index in [-0.39, 0.29) is 0 Å². The maximum absolute atomic E-state index is 15.0. The number of aromatic amines is 1. The van der Waals surface area contributed by atoms with Crippen molar-refractivity contribution in [3.63, 3.8) is 0 Å². The molecular formula is C10H13ClFN2O14P3. The fourth-order valence-electron chi connectivity index (χ4n) is 3.14. The first-order valence-corrected chi connectivity index (χ1v) is 12.8. The molecule has 2 heterocycles. The molecule has 0 aromatic carbocycles. The molecule has 2 aliphatic rings. The van der Waals surface area contributed by atoms with Crippen molar-refractivity contribution in [3.05, 3.63) is 33.1 Å². The van der Waals surface area contributed by atoms with Crippen LogP contribution in [0, 0.1) is 0 Å². The second-order valence-corrected chi connectivity index (χ2v) is 11.0. The summed E-state index contributed by atoms with van der Waals surface area (Å²) in [6.07, 6.45) is -5.62. The minimum absolute atomic E-state index is 0.562. The van der Waals surface area contributed by atoms with Crippen LogP contribution in [-0.2, 0) is 31.6 Å². The lowest BCUT2D eigenvalue weighted by molar-refractivity contribution is -0.0852. The molecule has 3 rings (SSSR count). The third kappa shape index (κ3) is 4.39. The minimum Gasteiger partial charge on any atom is -0.381 e. The number of nitrogens with zero attached hydrogens (tertiary/aromatic N) is 1. The molecule has 3 unspecified atom stereocenters. The van der Waals surface area contributed by atoms with E-state index in [0.717, 1.165) is 12.3 Å². The molecule has 21 heteroatoms. The topological polar surface area (TPSA) is 244 Å². The quantitative estimate of drug-likeness (QED) is 0.171. The van der Waals surface area contributed by atoms with E-state index >= 15 is 0 Å². The van der Waals surface area contributed by atoms with Gasteiger partial charge in [0.1, 0.15) is 11.7 Å². The number of halogens is 2. The highest BCUT2D eigenvalue weighted by Gasteiger charge is 2.90. The van der Waals surface area contributed by atoms with Crippen LogP contribution in [0.3, 0.4) is 0 Å². The van der Waals surface area contributed by atoms with E-state index in [1.165, 1.54) is 0 Å². The number of aromatic nitrogens is 2. The van der Waals surface area contributed by atoms with Crippen molar-refractivity contribution in [2.45, 2.75) is 29.7 Å². The molecule has 7 atom stereocenters. The second kappa shape index (κ2) is 7.64. The predicted octanol–water partition coefficient (Wildman–Crippen LogP) is -1.16. The third-order valence-electron chi connectivity index (χ3n) is 4.40. The first-order chi connectivity index (χ1) is 14.0. The number of alkyl halides is 2. The van der Waals surface area contributed by atoms with E-state index in [1.54, 1.807) is 0 Å². The standard InChI is InChI=1S/C10H13ClFN2O14P3/c11-3-9-7(26-30(21,22)28-31(23,24)27-29(18,19)20)10(9,17)5(12)6(25-9)14-2-1-4(15)13-8(14)16/h1-2,5-7,17H,3H2,(H,21,22)(H,23,24)(H,13,15,16)(H2,18,19,20)/t5-,6+,7?,9+,10+/m0/s1. The highest BCUT2D eigenvalue weighted by molar-refractivity contribution is 7.66. The summed E-state index contributed by atoms with van der Waals surface area (Å²) in [4.78, 5) is 60.5. The van der Waals surface area contributed by atoms with Crippen molar-refractivity contribution in [1.82, 2.24) is 9.55 Å². The molecule has 6 N–H and O–H groups in total. The smallest absolute Gasteiger partial charge is 0.381 e. The van der Waals surface area contributed by atoms with E-state index in [1.807, 2.05) is 4.98 Å². The van der Waals surface area contributed by atoms with E-state index in [4.69, 9.17) is 31.0 Å². The number of nitrogens with one attached hydrogen (secondary N) is 1. The Labute approximate surface area is 174 Å². The number of phosphoric acid groups is 3. The van der Waals surface area contributed by atoms with Gasteiger partial charge in [-0.25, -0.2) is 22.9 Å². The zero-order valence-electron chi connectivity index (χ0n) is 14.5. The van der Waals surface area contributed by atoms with Crippen LogP contribution in [0.25, 0.3) is 0 Å². The summed E-state index contributed by atoms with van der Waals surface area (Å²) in [5.74, 6) is -0.779. The van der Waals surface area contributed by atoms with Gasteiger partial charge in [0.15, 0.2) is 18.0 Å². The van der Waals surface area contributed by atoms with Crippen LogP contribution in [0.15, 0.2) is 21.9 Å². The van der Waals surface area contributed by atoms with Gasteiger partial charge in [0.2, 0.25) is 0 Å². The van der Waals surface area contributed by atoms with Gasteiger partial charge in [-0.05, 0) is 0 Å². The predicted molar refractivity (Wildman–Crippen MR) is 93.5 cm³/mol. The number of rotatable bonds is 8. The molecule has 1 aromatic rings. The Morgan fingerprint density at radius 1 is 1.19 bits per heavy atom. The lowest BCUT2D eigenvalue weighted by Crippen LogP contribution is -2.40. The zero-order chi connectivity index (χ0) is 23.6. The summed E-state index contributed by atoms with van der Waals surface area (Å²) in [6, 6.07) is 0.850.